The summed E-state index contributed by atoms with van der Waals surface area (Å²) in [5, 5.41) is 16.0. The first kappa shape index (κ1) is 24.1. The van der Waals surface area contributed by atoms with Gasteiger partial charge in [0.25, 0.3) is 0 Å². The van der Waals surface area contributed by atoms with Crippen molar-refractivity contribution in [1.82, 2.24) is 10.6 Å². The van der Waals surface area contributed by atoms with Crippen LogP contribution in [0.1, 0.15) is 52.0 Å². The molecule has 6 heteroatoms. The molecule has 1 unspecified atom stereocenters. The SMILES string of the molecule is CCNC(=NCC1(c2cccc(F)c2)CC1)NCC(CCO)CC(C)C.I. The molecule has 1 aliphatic rings. The Morgan fingerprint density at radius 3 is 2.59 bits per heavy atom. The average Bonchev–Trinajstić information content (AvgIpc) is 3.38. The van der Waals surface area contributed by atoms with Gasteiger partial charge in [0, 0.05) is 25.1 Å². The summed E-state index contributed by atoms with van der Waals surface area (Å²) in [6, 6.07) is 6.92. The number of benzene rings is 1. The quantitative estimate of drug-likeness (QED) is 0.263. The maximum Gasteiger partial charge on any atom is 0.191 e. The minimum absolute atomic E-state index is 0. The van der Waals surface area contributed by atoms with Crippen molar-refractivity contribution in [2.24, 2.45) is 16.8 Å². The predicted octanol–water partition coefficient (Wildman–Crippen LogP) is 4.08. The number of halogens is 2. The summed E-state index contributed by atoms with van der Waals surface area (Å²) in [6.45, 7) is 8.95. The lowest BCUT2D eigenvalue weighted by Crippen LogP contribution is -2.40. The van der Waals surface area contributed by atoms with Gasteiger partial charge < -0.3 is 15.7 Å². The van der Waals surface area contributed by atoms with Crippen molar-refractivity contribution in [3.63, 3.8) is 0 Å². The first-order valence-electron chi connectivity index (χ1n) is 9.88. The minimum Gasteiger partial charge on any atom is -0.396 e. The van der Waals surface area contributed by atoms with Gasteiger partial charge in [0.1, 0.15) is 5.82 Å². The molecule has 0 spiro atoms. The summed E-state index contributed by atoms with van der Waals surface area (Å²) in [5.41, 5.74) is 1.04. The Balaban J connectivity index is 0.00000364. The number of aliphatic imine (C=N–C) groups is 1. The monoisotopic (exact) mass is 491 g/mol. The molecule has 0 saturated heterocycles. The van der Waals surface area contributed by atoms with Gasteiger partial charge in [0.15, 0.2) is 5.96 Å². The van der Waals surface area contributed by atoms with Crippen molar-refractivity contribution in [3.05, 3.63) is 35.6 Å². The number of nitrogens with zero attached hydrogens (tertiary/aromatic N) is 1. The lowest BCUT2D eigenvalue weighted by Gasteiger charge is -2.21. The van der Waals surface area contributed by atoms with Crippen LogP contribution < -0.4 is 10.6 Å². The predicted molar refractivity (Wildman–Crippen MR) is 121 cm³/mol. The summed E-state index contributed by atoms with van der Waals surface area (Å²) in [4.78, 5) is 4.77. The molecule has 0 aliphatic heterocycles. The van der Waals surface area contributed by atoms with Crippen LogP contribution >= 0.6 is 24.0 Å². The topological polar surface area (TPSA) is 56.7 Å². The second-order valence-electron chi connectivity index (χ2n) is 7.87. The van der Waals surface area contributed by atoms with Crippen molar-refractivity contribution in [2.45, 2.75) is 51.9 Å². The zero-order valence-electron chi connectivity index (χ0n) is 16.8. The third kappa shape index (κ3) is 7.94. The highest BCUT2D eigenvalue weighted by Crippen LogP contribution is 2.48. The third-order valence-corrected chi connectivity index (χ3v) is 5.07. The highest BCUT2D eigenvalue weighted by Gasteiger charge is 2.44. The van der Waals surface area contributed by atoms with Gasteiger partial charge in [-0.05, 0) is 62.1 Å². The molecule has 0 bridgehead atoms. The molecule has 1 aromatic carbocycles. The van der Waals surface area contributed by atoms with Crippen LogP contribution in [0, 0.1) is 17.7 Å². The van der Waals surface area contributed by atoms with E-state index in [1.807, 2.05) is 6.07 Å². The van der Waals surface area contributed by atoms with Crippen molar-refractivity contribution < 1.29 is 9.50 Å². The van der Waals surface area contributed by atoms with E-state index >= 15 is 0 Å². The Morgan fingerprint density at radius 1 is 1.30 bits per heavy atom. The van der Waals surface area contributed by atoms with Gasteiger partial charge in [-0.25, -0.2) is 4.39 Å². The Morgan fingerprint density at radius 2 is 2.04 bits per heavy atom. The number of aliphatic hydroxyl groups excluding tert-OH is 1. The molecule has 2 rings (SSSR count). The Bertz CT molecular complexity index is 591. The van der Waals surface area contributed by atoms with Gasteiger partial charge in [-0.1, -0.05) is 26.0 Å². The van der Waals surface area contributed by atoms with Crippen LogP contribution in [-0.4, -0.2) is 37.3 Å². The smallest absolute Gasteiger partial charge is 0.191 e. The van der Waals surface area contributed by atoms with Crippen LogP contribution in [0.25, 0.3) is 0 Å². The Kier molecular flexibility index (Phi) is 10.6. The second kappa shape index (κ2) is 11.8. The molecule has 0 radical (unpaired) electrons. The van der Waals surface area contributed by atoms with Gasteiger partial charge in [0.05, 0.1) is 6.54 Å². The van der Waals surface area contributed by atoms with E-state index in [1.165, 1.54) is 6.07 Å². The average molecular weight is 491 g/mol. The van der Waals surface area contributed by atoms with Crippen molar-refractivity contribution in [1.29, 1.82) is 0 Å². The third-order valence-electron chi connectivity index (χ3n) is 5.07. The molecule has 1 aromatic rings. The molecule has 1 atom stereocenters. The largest absolute Gasteiger partial charge is 0.396 e. The summed E-state index contributed by atoms with van der Waals surface area (Å²) in [5.74, 6) is 1.67. The molecule has 1 saturated carbocycles. The summed E-state index contributed by atoms with van der Waals surface area (Å²) >= 11 is 0. The Labute approximate surface area is 180 Å². The fourth-order valence-corrected chi connectivity index (χ4v) is 3.47. The standard InChI is InChI=1S/C21H34FN3O.HI/c1-4-23-20(24-14-17(8-11-26)12-16(2)3)25-15-21(9-10-21)18-6-5-7-19(22)13-18;/h5-7,13,16-17,26H,4,8-12,14-15H2,1-3H3,(H2,23,24,25);1H. The maximum atomic E-state index is 13.6. The Hall–Kier alpha value is -0.890. The molecular weight excluding hydrogens is 456 g/mol. The summed E-state index contributed by atoms with van der Waals surface area (Å²) in [6.07, 6.45) is 4.00. The fraction of sp³-hybridized carbons (Fsp3) is 0.667. The maximum absolute atomic E-state index is 13.6. The molecule has 154 valence electrons. The van der Waals surface area contributed by atoms with E-state index in [1.54, 1.807) is 12.1 Å². The van der Waals surface area contributed by atoms with Crippen LogP contribution in [0.5, 0.6) is 0 Å². The van der Waals surface area contributed by atoms with Crippen LogP contribution in [0.4, 0.5) is 4.39 Å². The van der Waals surface area contributed by atoms with Gasteiger partial charge in [-0.2, -0.15) is 0 Å². The molecule has 0 amide bonds. The molecule has 4 nitrogen and oxygen atoms in total. The molecule has 0 aromatic heterocycles. The first-order chi connectivity index (χ1) is 12.5. The van der Waals surface area contributed by atoms with E-state index in [0.29, 0.717) is 18.4 Å². The van der Waals surface area contributed by atoms with Gasteiger partial charge in [-0.15, -0.1) is 24.0 Å². The van der Waals surface area contributed by atoms with Crippen LogP contribution in [0.2, 0.25) is 0 Å². The van der Waals surface area contributed by atoms with Gasteiger partial charge >= 0.3 is 0 Å². The summed E-state index contributed by atoms with van der Waals surface area (Å²) in [7, 11) is 0. The van der Waals surface area contributed by atoms with E-state index < -0.39 is 0 Å². The lowest BCUT2D eigenvalue weighted by atomic mass is 9.94. The zero-order valence-corrected chi connectivity index (χ0v) is 19.1. The number of nitrogens with one attached hydrogen (secondary N) is 2. The number of hydrogen-bond acceptors (Lipinski definition) is 2. The zero-order chi connectivity index (χ0) is 19.0. The normalized spacial score (nSPS) is 16.6. The highest BCUT2D eigenvalue weighted by atomic mass is 127. The molecule has 1 aliphatic carbocycles. The molecule has 1 fully saturated rings. The number of guanidine groups is 1. The van der Waals surface area contributed by atoms with Gasteiger partial charge in [0.2, 0.25) is 0 Å². The molecule has 27 heavy (non-hydrogen) atoms. The van der Waals surface area contributed by atoms with Crippen LogP contribution in [0.3, 0.4) is 0 Å². The second-order valence-corrected chi connectivity index (χ2v) is 7.87. The lowest BCUT2D eigenvalue weighted by molar-refractivity contribution is 0.243. The number of aliphatic hydroxyl groups is 1. The van der Waals surface area contributed by atoms with Crippen LogP contribution in [0.15, 0.2) is 29.3 Å². The van der Waals surface area contributed by atoms with Gasteiger partial charge in [-0.3, -0.25) is 4.99 Å². The highest BCUT2D eigenvalue weighted by molar-refractivity contribution is 14.0. The molecular formula is C21H35FIN3O. The molecule has 3 N–H and O–H groups in total. The molecule has 0 heterocycles. The fourth-order valence-electron chi connectivity index (χ4n) is 3.47. The van der Waals surface area contributed by atoms with Crippen LogP contribution in [-0.2, 0) is 5.41 Å². The summed E-state index contributed by atoms with van der Waals surface area (Å²) < 4.78 is 13.6. The van der Waals surface area contributed by atoms with E-state index in [0.717, 1.165) is 50.3 Å². The first-order valence-corrected chi connectivity index (χ1v) is 9.88. The van der Waals surface area contributed by atoms with E-state index in [-0.39, 0.29) is 41.8 Å². The van der Waals surface area contributed by atoms with E-state index in [2.05, 4.69) is 31.4 Å². The van der Waals surface area contributed by atoms with Crippen molar-refractivity contribution in [3.8, 4) is 0 Å². The number of hydrogen-bond donors (Lipinski definition) is 3. The number of rotatable bonds is 10. The van der Waals surface area contributed by atoms with E-state index in [9.17, 15) is 9.50 Å². The van der Waals surface area contributed by atoms with Crippen molar-refractivity contribution >= 4 is 29.9 Å². The van der Waals surface area contributed by atoms with E-state index in [4.69, 9.17) is 4.99 Å². The van der Waals surface area contributed by atoms with Crippen molar-refractivity contribution in [2.75, 3.05) is 26.2 Å². The minimum atomic E-state index is -0.177.